The lowest BCUT2D eigenvalue weighted by molar-refractivity contribution is -0.132. The molecule has 2 heterocycles. The number of nitrogens with zero attached hydrogens (tertiary/aromatic N) is 2. The van der Waals surface area contributed by atoms with Gasteiger partial charge in [0.15, 0.2) is 0 Å². The van der Waals surface area contributed by atoms with Gasteiger partial charge < -0.3 is 9.64 Å². The summed E-state index contributed by atoms with van der Waals surface area (Å²) in [7, 11) is 1.65. The number of ether oxygens (including phenoxy) is 1. The lowest BCUT2D eigenvalue weighted by Crippen LogP contribution is -2.46. The van der Waals surface area contributed by atoms with Crippen molar-refractivity contribution < 1.29 is 9.53 Å². The third kappa shape index (κ3) is 3.74. The van der Waals surface area contributed by atoms with E-state index in [0.717, 1.165) is 29.9 Å². The second-order valence-corrected chi connectivity index (χ2v) is 6.67. The molecule has 7 heteroatoms. The Labute approximate surface area is 146 Å². The fourth-order valence-corrected chi connectivity index (χ4v) is 4.20. The van der Waals surface area contributed by atoms with E-state index in [1.807, 2.05) is 24.3 Å². The Kier molecular flexibility index (Phi) is 6.17. The number of benzene rings is 1. The van der Waals surface area contributed by atoms with E-state index in [1.165, 1.54) is 0 Å². The van der Waals surface area contributed by atoms with E-state index < -0.39 is 0 Å². The van der Waals surface area contributed by atoms with E-state index in [1.54, 1.807) is 23.8 Å². The fourth-order valence-electron chi connectivity index (χ4n) is 2.98. The van der Waals surface area contributed by atoms with Crippen LogP contribution in [0.15, 0.2) is 24.3 Å². The molecule has 1 aromatic carbocycles. The molecule has 0 saturated carbocycles. The summed E-state index contributed by atoms with van der Waals surface area (Å²) < 4.78 is 5.25. The number of hydrogen-bond acceptors (Lipinski definition) is 5. The molecule has 3 rings (SSSR count). The van der Waals surface area contributed by atoms with Crippen molar-refractivity contribution >= 4 is 30.1 Å². The molecule has 0 radical (unpaired) electrons. The molecule has 0 bridgehead atoms. The van der Waals surface area contributed by atoms with Gasteiger partial charge in [-0.2, -0.15) is 5.26 Å². The number of methoxy groups -OCH3 is 1. The van der Waals surface area contributed by atoms with E-state index in [0.29, 0.717) is 6.54 Å². The number of nitriles is 1. The van der Waals surface area contributed by atoms with Crippen LogP contribution in [0.5, 0.6) is 5.75 Å². The summed E-state index contributed by atoms with van der Waals surface area (Å²) in [5.74, 6) is 1.61. The molecule has 0 aromatic heterocycles. The van der Waals surface area contributed by atoms with E-state index >= 15 is 0 Å². The van der Waals surface area contributed by atoms with Crippen molar-refractivity contribution in [1.82, 2.24) is 10.2 Å². The van der Waals surface area contributed by atoms with Gasteiger partial charge in [-0.15, -0.1) is 24.2 Å². The van der Waals surface area contributed by atoms with Crippen LogP contribution in [0.4, 0.5) is 0 Å². The number of hydrogen-bond donors (Lipinski definition) is 1. The maximum Gasteiger partial charge on any atom is 0.241 e. The fraction of sp³-hybridized carbons (Fsp3) is 0.500. The topological polar surface area (TPSA) is 65.4 Å². The Hall–Kier alpha value is -1.42. The number of halogens is 1. The maximum absolute atomic E-state index is 12.6. The van der Waals surface area contributed by atoms with Gasteiger partial charge in [0.2, 0.25) is 5.91 Å². The van der Waals surface area contributed by atoms with Gasteiger partial charge in [-0.3, -0.25) is 10.1 Å². The van der Waals surface area contributed by atoms with E-state index in [4.69, 9.17) is 10.00 Å². The molecular formula is C16H20ClN3O2S. The van der Waals surface area contributed by atoms with Crippen LogP contribution in [0, 0.1) is 11.3 Å². The predicted molar refractivity (Wildman–Crippen MR) is 92.7 cm³/mol. The lowest BCUT2D eigenvalue weighted by atomic mass is 10.2. The molecule has 2 aliphatic heterocycles. The highest BCUT2D eigenvalue weighted by molar-refractivity contribution is 7.99. The van der Waals surface area contributed by atoms with Crippen molar-refractivity contribution in [3.05, 3.63) is 29.8 Å². The minimum atomic E-state index is -0.254. The van der Waals surface area contributed by atoms with Crippen LogP contribution in [-0.2, 0) is 4.79 Å². The van der Waals surface area contributed by atoms with Crippen LogP contribution in [0.1, 0.15) is 23.8 Å². The zero-order valence-corrected chi connectivity index (χ0v) is 14.5. The molecule has 124 valence electrons. The number of thioether (sulfide) groups is 1. The van der Waals surface area contributed by atoms with Crippen LogP contribution < -0.4 is 10.1 Å². The van der Waals surface area contributed by atoms with Crippen molar-refractivity contribution in [2.75, 3.05) is 19.4 Å². The summed E-state index contributed by atoms with van der Waals surface area (Å²) in [5, 5.41) is 12.6. The van der Waals surface area contributed by atoms with E-state index in [-0.39, 0.29) is 35.8 Å². The smallest absolute Gasteiger partial charge is 0.241 e. The average molecular weight is 354 g/mol. The number of rotatable bonds is 3. The first-order valence-electron chi connectivity index (χ1n) is 7.44. The van der Waals surface area contributed by atoms with Gasteiger partial charge >= 0.3 is 0 Å². The summed E-state index contributed by atoms with van der Waals surface area (Å²) in [4.78, 5) is 14.3. The standard InChI is InChI=1S/C16H19N3O2S.ClH/c1-21-13-6-2-4-11(8-13)15-18-14(10-22-15)16(20)19-7-3-5-12(19)9-17;/h2,4,6,8,12,14-15,18H,3,5,7,10H2,1H3;1H/t12-,14-,15?;/m0./s1. The van der Waals surface area contributed by atoms with E-state index in [2.05, 4.69) is 11.4 Å². The van der Waals surface area contributed by atoms with Crippen molar-refractivity contribution in [1.29, 1.82) is 5.26 Å². The minimum absolute atomic E-state index is 0. The highest BCUT2D eigenvalue weighted by Crippen LogP contribution is 2.35. The Morgan fingerprint density at radius 1 is 1.52 bits per heavy atom. The molecule has 1 aromatic rings. The quantitative estimate of drug-likeness (QED) is 0.903. The van der Waals surface area contributed by atoms with Gasteiger partial charge in [0.1, 0.15) is 11.8 Å². The van der Waals surface area contributed by atoms with Crippen LogP contribution >= 0.6 is 24.2 Å². The lowest BCUT2D eigenvalue weighted by Gasteiger charge is -2.23. The van der Waals surface area contributed by atoms with Crippen LogP contribution in [0.3, 0.4) is 0 Å². The molecule has 0 aliphatic carbocycles. The summed E-state index contributed by atoms with van der Waals surface area (Å²) in [5.41, 5.74) is 1.11. The molecule has 1 amide bonds. The molecule has 2 aliphatic rings. The molecule has 23 heavy (non-hydrogen) atoms. The van der Waals surface area contributed by atoms with Crippen molar-refractivity contribution in [3.8, 4) is 11.8 Å². The van der Waals surface area contributed by atoms with Crippen LogP contribution in [0.25, 0.3) is 0 Å². The normalized spacial score (nSPS) is 26.4. The molecule has 1 unspecified atom stereocenters. The summed E-state index contributed by atoms with van der Waals surface area (Å²) >= 11 is 1.72. The van der Waals surface area contributed by atoms with Crippen LogP contribution in [0.2, 0.25) is 0 Å². The summed E-state index contributed by atoms with van der Waals surface area (Å²) in [6, 6.07) is 9.66. The van der Waals surface area contributed by atoms with Gasteiger partial charge in [0, 0.05) is 12.3 Å². The Morgan fingerprint density at radius 2 is 2.35 bits per heavy atom. The predicted octanol–water partition coefficient (Wildman–Crippen LogP) is 2.34. The molecule has 2 fully saturated rings. The summed E-state index contributed by atoms with van der Waals surface area (Å²) in [6.07, 6.45) is 1.71. The first-order valence-corrected chi connectivity index (χ1v) is 8.49. The first-order chi connectivity index (χ1) is 10.7. The number of carbonyl (C=O) groups excluding carboxylic acids is 1. The second kappa shape index (κ2) is 7.91. The van der Waals surface area contributed by atoms with Gasteiger partial charge in [0.05, 0.1) is 24.6 Å². The highest BCUT2D eigenvalue weighted by atomic mass is 35.5. The van der Waals surface area contributed by atoms with Gasteiger partial charge in [-0.25, -0.2) is 0 Å². The summed E-state index contributed by atoms with van der Waals surface area (Å²) in [6.45, 7) is 0.698. The van der Waals surface area contributed by atoms with Gasteiger partial charge in [0.25, 0.3) is 0 Å². The largest absolute Gasteiger partial charge is 0.497 e. The molecular weight excluding hydrogens is 334 g/mol. The van der Waals surface area contributed by atoms with Crippen molar-refractivity contribution in [2.45, 2.75) is 30.3 Å². The van der Waals surface area contributed by atoms with Gasteiger partial charge in [-0.1, -0.05) is 12.1 Å². The number of carbonyl (C=O) groups is 1. The van der Waals surface area contributed by atoms with E-state index in [9.17, 15) is 4.79 Å². The second-order valence-electron chi connectivity index (χ2n) is 5.53. The number of likely N-dealkylation sites (tertiary alicyclic amines) is 1. The molecule has 2 saturated heterocycles. The first kappa shape index (κ1) is 17.9. The Morgan fingerprint density at radius 3 is 3.09 bits per heavy atom. The highest BCUT2D eigenvalue weighted by Gasteiger charge is 2.37. The zero-order chi connectivity index (χ0) is 15.5. The zero-order valence-electron chi connectivity index (χ0n) is 12.9. The minimum Gasteiger partial charge on any atom is -0.497 e. The third-order valence-electron chi connectivity index (χ3n) is 4.16. The average Bonchev–Trinajstić information content (AvgIpc) is 3.23. The molecule has 0 spiro atoms. The SMILES string of the molecule is COc1cccc(C2N[C@H](C(=O)N3CCC[C@H]3C#N)CS2)c1.Cl. The van der Waals surface area contributed by atoms with Crippen LogP contribution in [-0.4, -0.2) is 42.3 Å². The molecule has 1 N–H and O–H groups in total. The Bertz CT molecular complexity index is 607. The number of amides is 1. The van der Waals surface area contributed by atoms with Crippen molar-refractivity contribution in [2.24, 2.45) is 0 Å². The Balaban J connectivity index is 0.00000192. The maximum atomic E-state index is 12.6. The molecule has 5 nitrogen and oxygen atoms in total. The van der Waals surface area contributed by atoms with Gasteiger partial charge in [-0.05, 0) is 30.5 Å². The molecule has 3 atom stereocenters. The third-order valence-corrected chi connectivity index (χ3v) is 5.43. The van der Waals surface area contributed by atoms with Crippen molar-refractivity contribution in [3.63, 3.8) is 0 Å². The monoisotopic (exact) mass is 353 g/mol. The number of nitrogens with one attached hydrogen (secondary N) is 1.